The number of rotatable bonds is 0. The van der Waals surface area contributed by atoms with E-state index in [-0.39, 0.29) is 7.43 Å². The average Bonchev–Trinajstić information content (AvgIpc) is 0.811. The molecule has 0 rings (SSSR count). The molecule has 0 aromatic rings. The monoisotopic (exact) mass is 70.1 g/mol. The van der Waals surface area contributed by atoms with Crippen LogP contribution in [-0.4, -0.2) is 0 Å². The Labute approximate surface area is 35.2 Å². The van der Waals surface area contributed by atoms with Crippen molar-refractivity contribution in [3.63, 3.8) is 0 Å². The third-order valence-electron chi connectivity index (χ3n) is 0. The molecule has 0 bridgehead atoms. The molecule has 0 unspecified atom stereocenters. The van der Waals surface area contributed by atoms with Gasteiger partial charge in [0.1, 0.15) is 0 Å². The van der Waals surface area contributed by atoms with Crippen molar-refractivity contribution in [3.05, 3.63) is 7.43 Å². The highest BCUT2D eigenvalue weighted by atomic mass is 13.7. The van der Waals surface area contributed by atoms with E-state index in [0.717, 1.165) is 5.92 Å². The van der Waals surface area contributed by atoms with Gasteiger partial charge >= 0.3 is 0 Å². The van der Waals surface area contributed by atoms with Crippen LogP contribution in [0.15, 0.2) is 0 Å². The summed E-state index contributed by atoms with van der Waals surface area (Å²) in [5, 5.41) is 0. The zero-order valence-corrected chi connectivity index (χ0v) is 4.08. The van der Waals surface area contributed by atoms with E-state index in [1.807, 2.05) is 0 Å². The van der Waals surface area contributed by atoms with Crippen LogP contribution in [0.25, 0.3) is 0 Å². The highest BCUT2D eigenvalue weighted by Gasteiger charge is 1.68. The Hall–Kier alpha value is 0. The first-order valence-electron chi connectivity index (χ1n) is 1.73. The van der Waals surface area contributed by atoms with E-state index in [1.54, 1.807) is 0 Å². The van der Waals surface area contributed by atoms with Gasteiger partial charge in [0.2, 0.25) is 0 Å². The smallest absolute Gasteiger partial charge is 0 e. The summed E-state index contributed by atoms with van der Waals surface area (Å²) in [7, 11) is 0. The minimum atomic E-state index is 0. The topological polar surface area (TPSA) is 0 Å². The second kappa shape index (κ2) is 4.00. The van der Waals surface area contributed by atoms with Crippen LogP contribution >= 0.6 is 0 Å². The fraction of sp³-hybridized carbons (Fsp3) is 0.800. The molecule has 0 fully saturated rings. The lowest BCUT2D eigenvalue weighted by atomic mass is 10.3. The Balaban J connectivity index is 0. The summed E-state index contributed by atoms with van der Waals surface area (Å²) in [6, 6.07) is 0. The van der Waals surface area contributed by atoms with Crippen molar-refractivity contribution in [2.75, 3.05) is 0 Å². The third-order valence-corrected chi connectivity index (χ3v) is 0. The summed E-state index contributed by atoms with van der Waals surface area (Å²) in [5.74, 6) is 0.833. The molecule has 4 radical (unpaired) electrons. The molecule has 30 valence electrons. The molecule has 0 N–H and O–H groups in total. The zero-order chi connectivity index (χ0) is 3.58. The van der Waals surface area contributed by atoms with Gasteiger partial charge in [0, 0.05) is 7.43 Å². The molecule has 0 heteroatoms. The van der Waals surface area contributed by atoms with Crippen LogP contribution in [0.2, 0.25) is 0 Å². The molecule has 0 heterocycles. The van der Waals surface area contributed by atoms with E-state index in [1.165, 1.54) is 0 Å². The molecule has 0 aliphatic carbocycles. The van der Waals surface area contributed by atoms with Crippen LogP contribution in [0.5, 0.6) is 0 Å². The lowest BCUT2D eigenvalue weighted by molar-refractivity contribution is 0.737. The van der Waals surface area contributed by atoms with Crippen LogP contribution in [0.3, 0.4) is 0 Å². The molecule has 0 aromatic heterocycles. The molecule has 0 aliphatic heterocycles. The van der Waals surface area contributed by atoms with Crippen LogP contribution < -0.4 is 0 Å². The lowest BCUT2D eigenvalue weighted by Crippen LogP contribution is -1.66. The van der Waals surface area contributed by atoms with Gasteiger partial charge in [-0.05, 0) is 5.92 Å². The maximum absolute atomic E-state index is 2.17. The van der Waals surface area contributed by atoms with Crippen LogP contribution in [-0.2, 0) is 0 Å². The molecule has 0 saturated carbocycles. The number of hydrogen-bond acceptors (Lipinski definition) is 0. The van der Waals surface area contributed by atoms with E-state index in [0.29, 0.717) is 0 Å². The highest BCUT2D eigenvalue weighted by molar-refractivity contribution is 4.20. The summed E-state index contributed by atoms with van der Waals surface area (Å²) >= 11 is 0. The summed E-state index contributed by atoms with van der Waals surface area (Å²) in [4.78, 5) is 0. The normalized spacial score (nSPS) is 7.20. The Morgan fingerprint density at radius 1 is 1.00 bits per heavy atom. The SMILES string of the molecule is CC(C)C.[C]. The van der Waals surface area contributed by atoms with Crippen molar-refractivity contribution >= 4 is 0 Å². The van der Waals surface area contributed by atoms with E-state index < -0.39 is 0 Å². The minimum Gasteiger partial charge on any atom is -0.0630 e. The van der Waals surface area contributed by atoms with Gasteiger partial charge in [0.15, 0.2) is 0 Å². The van der Waals surface area contributed by atoms with Crippen molar-refractivity contribution in [1.29, 1.82) is 0 Å². The fourth-order valence-corrected chi connectivity index (χ4v) is 0. The predicted molar refractivity (Wildman–Crippen MR) is 23.8 cm³/mol. The molecule has 0 nitrogen and oxygen atoms in total. The Kier molecular flexibility index (Phi) is 7.11. The predicted octanol–water partition coefficient (Wildman–Crippen LogP) is 1.74. The lowest BCUT2D eigenvalue weighted by Gasteiger charge is -1.79. The van der Waals surface area contributed by atoms with Crippen molar-refractivity contribution in [2.45, 2.75) is 20.8 Å². The van der Waals surface area contributed by atoms with Gasteiger partial charge in [-0.1, -0.05) is 20.8 Å². The number of hydrogen-bond donors (Lipinski definition) is 0. The van der Waals surface area contributed by atoms with Gasteiger partial charge in [-0.2, -0.15) is 0 Å². The maximum Gasteiger partial charge on any atom is 0 e. The molecular weight excluding hydrogens is 60.1 g/mol. The van der Waals surface area contributed by atoms with Crippen LogP contribution in [0, 0.1) is 13.3 Å². The molecule has 0 aromatic carbocycles. The van der Waals surface area contributed by atoms with Crippen molar-refractivity contribution in [1.82, 2.24) is 0 Å². The van der Waals surface area contributed by atoms with Gasteiger partial charge in [-0.15, -0.1) is 0 Å². The van der Waals surface area contributed by atoms with E-state index in [2.05, 4.69) is 20.8 Å². The first-order chi connectivity index (χ1) is 1.73. The van der Waals surface area contributed by atoms with Crippen molar-refractivity contribution in [2.24, 2.45) is 5.92 Å². The molecule has 5 heavy (non-hydrogen) atoms. The molecular formula is C5H10. The van der Waals surface area contributed by atoms with Gasteiger partial charge in [-0.25, -0.2) is 0 Å². The second-order valence-electron chi connectivity index (χ2n) is 1.73. The van der Waals surface area contributed by atoms with Gasteiger partial charge in [0.05, 0.1) is 0 Å². The van der Waals surface area contributed by atoms with Gasteiger partial charge < -0.3 is 0 Å². The minimum absolute atomic E-state index is 0. The fourth-order valence-electron chi connectivity index (χ4n) is 0. The largest absolute Gasteiger partial charge is 0.0630 e. The summed E-state index contributed by atoms with van der Waals surface area (Å²) < 4.78 is 0. The standard InChI is InChI=1S/C4H10.C/c1-4(2)3;/h4H,1-3H3;. The van der Waals surface area contributed by atoms with Crippen molar-refractivity contribution in [3.8, 4) is 0 Å². The van der Waals surface area contributed by atoms with Gasteiger partial charge in [0.25, 0.3) is 0 Å². The second-order valence-corrected chi connectivity index (χ2v) is 1.73. The van der Waals surface area contributed by atoms with E-state index in [9.17, 15) is 0 Å². The maximum atomic E-state index is 2.17. The molecule has 0 spiro atoms. The average molecular weight is 70.1 g/mol. The zero-order valence-electron chi connectivity index (χ0n) is 4.08. The van der Waals surface area contributed by atoms with Crippen LogP contribution in [0.1, 0.15) is 20.8 Å². The van der Waals surface area contributed by atoms with E-state index in [4.69, 9.17) is 0 Å². The van der Waals surface area contributed by atoms with Crippen LogP contribution in [0.4, 0.5) is 0 Å². The summed E-state index contributed by atoms with van der Waals surface area (Å²) in [6.45, 7) is 6.50. The summed E-state index contributed by atoms with van der Waals surface area (Å²) in [5.41, 5.74) is 0. The first kappa shape index (κ1) is 8.89. The summed E-state index contributed by atoms with van der Waals surface area (Å²) in [6.07, 6.45) is 0. The van der Waals surface area contributed by atoms with Gasteiger partial charge in [-0.3, -0.25) is 0 Å². The highest BCUT2D eigenvalue weighted by Crippen LogP contribution is 1.81. The molecule has 0 atom stereocenters. The third kappa shape index (κ3) is 0. The Bertz CT molecular complexity index is 4.75. The molecule has 0 saturated heterocycles. The van der Waals surface area contributed by atoms with E-state index >= 15 is 0 Å². The first-order valence-corrected chi connectivity index (χ1v) is 1.73. The molecule has 0 amide bonds. The Morgan fingerprint density at radius 3 is 1.00 bits per heavy atom. The quantitative estimate of drug-likeness (QED) is 0.407. The Morgan fingerprint density at radius 2 is 1.00 bits per heavy atom. The molecule has 0 aliphatic rings. The van der Waals surface area contributed by atoms with Crippen molar-refractivity contribution < 1.29 is 0 Å².